The van der Waals surface area contributed by atoms with Crippen molar-refractivity contribution in [2.45, 2.75) is 32.9 Å². The minimum absolute atomic E-state index is 0.0160. The lowest BCUT2D eigenvalue weighted by atomic mass is 10.1. The van der Waals surface area contributed by atoms with Gasteiger partial charge in [-0.05, 0) is 55.3 Å². The highest BCUT2D eigenvalue weighted by molar-refractivity contribution is 7.86. The molecule has 2 amide bonds. The first-order valence-corrected chi connectivity index (χ1v) is 10.7. The summed E-state index contributed by atoms with van der Waals surface area (Å²) in [7, 11) is -2.03. The summed E-state index contributed by atoms with van der Waals surface area (Å²) in [6.45, 7) is 4.28. The first kappa shape index (κ1) is 21.6. The van der Waals surface area contributed by atoms with Crippen LogP contribution in [0, 0.1) is 0 Å². The van der Waals surface area contributed by atoms with E-state index in [9.17, 15) is 13.2 Å². The largest absolute Gasteiger partial charge is 0.497 e. The lowest BCUT2D eigenvalue weighted by molar-refractivity contribution is 0.187. The van der Waals surface area contributed by atoms with Gasteiger partial charge in [0.2, 0.25) is 0 Å². The van der Waals surface area contributed by atoms with E-state index in [-0.39, 0.29) is 17.8 Å². The van der Waals surface area contributed by atoms with Gasteiger partial charge in [-0.15, -0.1) is 0 Å². The molecule has 0 radical (unpaired) electrons. The molecule has 0 aromatic heterocycles. The molecule has 28 heavy (non-hydrogen) atoms. The summed E-state index contributed by atoms with van der Waals surface area (Å²) in [6.07, 6.45) is 1.77. The van der Waals surface area contributed by atoms with Crippen molar-refractivity contribution in [3.8, 4) is 11.5 Å². The number of carbonyl (C=O) groups excluding carboxylic acids is 1. The minimum atomic E-state index is -3.61. The molecule has 0 saturated carbocycles. The third kappa shape index (κ3) is 6.45. The molecule has 1 unspecified atom stereocenters. The van der Waals surface area contributed by atoms with Crippen LogP contribution in [0.2, 0.25) is 0 Å². The predicted octanol–water partition coefficient (Wildman–Crippen LogP) is 3.87. The molecule has 7 nitrogen and oxygen atoms in total. The molecule has 0 spiro atoms. The maximum Gasteiger partial charge on any atom is 0.322 e. The highest BCUT2D eigenvalue weighted by Gasteiger charge is 2.20. The van der Waals surface area contributed by atoms with Crippen LogP contribution in [0.15, 0.2) is 48.5 Å². The third-order valence-electron chi connectivity index (χ3n) is 4.22. The summed E-state index contributed by atoms with van der Waals surface area (Å²) in [6, 6.07) is 13.5. The molecule has 8 heteroatoms. The molecule has 1 N–H and O–H groups in total. The molecule has 1 atom stereocenters. The Bertz CT molecular complexity index is 897. The molecular weight excluding hydrogens is 380 g/mol. The Labute approximate surface area is 166 Å². The molecule has 2 aromatic rings. The van der Waals surface area contributed by atoms with Crippen LogP contribution in [0.5, 0.6) is 11.5 Å². The van der Waals surface area contributed by atoms with E-state index in [4.69, 9.17) is 8.92 Å². The van der Waals surface area contributed by atoms with Crippen molar-refractivity contribution < 1.29 is 22.1 Å². The first-order chi connectivity index (χ1) is 13.2. The van der Waals surface area contributed by atoms with Gasteiger partial charge in [0.05, 0.1) is 13.4 Å². The standard InChI is InChI=1S/C20H26N2O5S/c1-5-15(2)22(20(23)21-17-9-11-18(26-3)12-10-17)14-16-7-6-8-19(13-16)27-28(4,24)25/h6-13,15H,5,14H2,1-4H3,(H,21,23). The lowest BCUT2D eigenvalue weighted by Crippen LogP contribution is -2.40. The average molecular weight is 407 g/mol. The summed E-state index contributed by atoms with van der Waals surface area (Å²) in [5.41, 5.74) is 1.43. The fourth-order valence-corrected chi connectivity index (χ4v) is 3.04. The fourth-order valence-electron chi connectivity index (χ4n) is 2.58. The van der Waals surface area contributed by atoms with Gasteiger partial charge in [0.15, 0.2) is 0 Å². The number of nitrogens with one attached hydrogen (secondary N) is 1. The molecule has 0 aliphatic rings. The summed E-state index contributed by atoms with van der Waals surface area (Å²) in [5, 5.41) is 2.89. The van der Waals surface area contributed by atoms with Crippen LogP contribution in [0.25, 0.3) is 0 Å². The SMILES string of the molecule is CCC(C)N(Cc1cccc(OS(C)(=O)=O)c1)C(=O)Nc1ccc(OC)cc1. The van der Waals surface area contributed by atoms with Gasteiger partial charge in [-0.25, -0.2) is 4.79 Å². The molecule has 2 aromatic carbocycles. The summed E-state index contributed by atoms with van der Waals surface area (Å²) >= 11 is 0. The number of amides is 2. The second-order valence-electron chi connectivity index (χ2n) is 6.48. The van der Waals surface area contributed by atoms with Crippen LogP contribution in [-0.2, 0) is 16.7 Å². The Morgan fingerprint density at radius 2 is 1.82 bits per heavy atom. The van der Waals surface area contributed by atoms with Gasteiger partial charge in [-0.2, -0.15) is 8.42 Å². The number of methoxy groups -OCH3 is 1. The van der Waals surface area contributed by atoms with E-state index in [1.165, 1.54) is 0 Å². The second kappa shape index (κ2) is 9.45. The highest BCUT2D eigenvalue weighted by Crippen LogP contribution is 2.20. The van der Waals surface area contributed by atoms with Gasteiger partial charge in [-0.1, -0.05) is 19.1 Å². The van der Waals surface area contributed by atoms with Crippen molar-refractivity contribution in [1.29, 1.82) is 0 Å². The van der Waals surface area contributed by atoms with E-state index in [0.717, 1.165) is 18.2 Å². The number of ether oxygens (including phenoxy) is 1. The molecule has 0 aliphatic heterocycles. The van der Waals surface area contributed by atoms with Crippen LogP contribution in [-0.4, -0.2) is 38.8 Å². The Morgan fingerprint density at radius 1 is 1.14 bits per heavy atom. The Morgan fingerprint density at radius 3 is 2.39 bits per heavy atom. The third-order valence-corrected chi connectivity index (χ3v) is 4.72. The van der Waals surface area contributed by atoms with Crippen LogP contribution >= 0.6 is 0 Å². The number of carbonyl (C=O) groups is 1. The summed E-state index contributed by atoms with van der Waals surface area (Å²) in [4.78, 5) is 14.5. The molecule has 0 heterocycles. The summed E-state index contributed by atoms with van der Waals surface area (Å²) in [5.74, 6) is 0.930. The van der Waals surface area contributed by atoms with Crippen LogP contribution in [0.4, 0.5) is 10.5 Å². The van der Waals surface area contributed by atoms with E-state index < -0.39 is 10.1 Å². The normalized spacial score (nSPS) is 12.1. The van der Waals surface area contributed by atoms with Gasteiger partial charge in [0, 0.05) is 18.3 Å². The highest BCUT2D eigenvalue weighted by atomic mass is 32.2. The monoisotopic (exact) mass is 406 g/mol. The van der Waals surface area contributed by atoms with Crippen molar-refractivity contribution >= 4 is 21.8 Å². The topological polar surface area (TPSA) is 84.9 Å². The van der Waals surface area contributed by atoms with Crippen LogP contribution < -0.4 is 14.2 Å². The van der Waals surface area contributed by atoms with E-state index in [2.05, 4.69) is 5.32 Å². The van der Waals surface area contributed by atoms with Gasteiger partial charge < -0.3 is 19.1 Å². The van der Waals surface area contributed by atoms with E-state index in [0.29, 0.717) is 18.0 Å². The maximum absolute atomic E-state index is 12.8. The zero-order valence-corrected chi connectivity index (χ0v) is 17.3. The van der Waals surface area contributed by atoms with Crippen LogP contribution in [0.3, 0.4) is 0 Å². The van der Waals surface area contributed by atoms with Crippen molar-refractivity contribution in [3.63, 3.8) is 0 Å². The second-order valence-corrected chi connectivity index (χ2v) is 8.05. The minimum Gasteiger partial charge on any atom is -0.497 e. The molecule has 152 valence electrons. The molecular formula is C20H26N2O5S. The molecule has 0 aliphatic carbocycles. The molecule has 0 bridgehead atoms. The average Bonchev–Trinajstić information content (AvgIpc) is 2.65. The van der Waals surface area contributed by atoms with Crippen LogP contribution in [0.1, 0.15) is 25.8 Å². The van der Waals surface area contributed by atoms with Gasteiger partial charge in [-0.3, -0.25) is 0 Å². The lowest BCUT2D eigenvalue weighted by Gasteiger charge is -2.29. The van der Waals surface area contributed by atoms with E-state index >= 15 is 0 Å². The van der Waals surface area contributed by atoms with Crippen molar-refractivity contribution in [2.75, 3.05) is 18.7 Å². The van der Waals surface area contributed by atoms with Gasteiger partial charge in [0.1, 0.15) is 11.5 Å². The maximum atomic E-state index is 12.8. The predicted molar refractivity (Wildman–Crippen MR) is 109 cm³/mol. The zero-order chi connectivity index (χ0) is 20.7. The van der Waals surface area contributed by atoms with Crippen molar-refractivity contribution in [2.24, 2.45) is 0 Å². The molecule has 0 fully saturated rings. The number of hydrogen-bond acceptors (Lipinski definition) is 5. The number of benzene rings is 2. The molecule has 2 rings (SSSR count). The smallest absolute Gasteiger partial charge is 0.322 e. The number of anilines is 1. The van der Waals surface area contributed by atoms with Crippen molar-refractivity contribution in [3.05, 3.63) is 54.1 Å². The Balaban J connectivity index is 2.16. The number of nitrogens with zero attached hydrogens (tertiary/aromatic N) is 1. The first-order valence-electron chi connectivity index (χ1n) is 8.92. The van der Waals surface area contributed by atoms with E-state index in [1.54, 1.807) is 54.5 Å². The zero-order valence-electron chi connectivity index (χ0n) is 16.5. The Kier molecular flexibility index (Phi) is 7.28. The van der Waals surface area contributed by atoms with Gasteiger partial charge in [0.25, 0.3) is 0 Å². The molecule has 0 saturated heterocycles. The quantitative estimate of drug-likeness (QED) is 0.673. The number of urea groups is 1. The van der Waals surface area contributed by atoms with E-state index in [1.807, 2.05) is 19.9 Å². The van der Waals surface area contributed by atoms with Gasteiger partial charge >= 0.3 is 16.1 Å². The Hall–Kier alpha value is -2.74. The number of hydrogen-bond donors (Lipinski definition) is 1. The summed E-state index contributed by atoms with van der Waals surface area (Å²) < 4.78 is 32.7. The van der Waals surface area contributed by atoms with Crippen molar-refractivity contribution in [1.82, 2.24) is 4.90 Å². The number of rotatable bonds is 8. The fraction of sp³-hybridized carbons (Fsp3) is 0.350.